The average molecular weight is 452 g/mol. The van der Waals surface area contributed by atoms with Crippen LogP contribution in [-0.4, -0.2) is 30.6 Å². The summed E-state index contributed by atoms with van der Waals surface area (Å²) in [5.74, 6) is 0.846. The van der Waals surface area contributed by atoms with E-state index in [0.29, 0.717) is 11.5 Å². The van der Waals surface area contributed by atoms with Crippen molar-refractivity contribution < 1.29 is 4.79 Å². The molecule has 8 nitrogen and oxygen atoms in total. The van der Waals surface area contributed by atoms with Gasteiger partial charge in [0.25, 0.3) is 0 Å². The van der Waals surface area contributed by atoms with Gasteiger partial charge in [0.05, 0.1) is 29.3 Å². The van der Waals surface area contributed by atoms with Crippen LogP contribution in [-0.2, 0) is 7.05 Å². The average Bonchev–Trinajstić information content (AvgIpc) is 3.44. The fourth-order valence-corrected chi connectivity index (χ4v) is 3.84. The lowest BCUT2D eigenvalue weighted by atomic mass is 10.0. The molecule has 0 fully saturated rings. The number of aryl methyl sites for hydroxylation is 1. The topological polar surface area (TPSA) is 89.7 Å². The Hall–Kier alpha value is -4.46. The molecule has 0 unspecified atom stereocenters. The molecule has 5 aromatic rings. The van der Waals surface area contributed by atoms with Crippen molar-refractivity contribution in [3.05, 3.63) is 84.9 Å². The molecule has 0 aliphatic carbocycles. The lowest BCUT2D eigenvalue weighted by Gasteiger charge is -2.11. The largest absolute Gasteiger partial charge is 0.324 e. The number of para-hydroxylation sites is 1. The van der Waals surface area contributed by atoms with Gasteiger partial charge in [-0.15, -0.1) is 0 Å². The van der Waals surface area contributed by atoms with Crippen molar-refractivity contribution in [3.63, 3.8) is 0 Å². The highest BCUT2D eigenvalue weighted by Gasteiger charge is 2.15. The van der Waals surface area contributed by atoms with Crippen molar-refractivity contribution in [2.75, 3.05) is 10.6 Å². The maximum Gasteiger partial charge on any atom is 0.324 e. The number of pyridine rings is 1. The van der Waals surface area contributed by atoms with Gasteiger partial charge in [-0.2, -0.15) is 10.2 Å². The predicted molar refractivity (Wildman–Crippen MR) is 134 cm³/mol. The van der Waals surface area contributed by atoms with Crippen LogP contribution in [0.2, 0.25) is 0 Å². The number of nitrogens with zero attached hydrogens (tertiary/aromatic N) is 5. The zero-order valence-electron chi connectivity index (χ0n) is 19.2. The van der Waals surface area contributed by atoms with Crippen LogP contribution in [0.25, 0.3) is 27.7 Å². The van der Waals surface area contributed by atoms with E-state index in [-0.39, 0.29) is 11.9 Å². The van der Waals surface area contributed by atoms with Gasteiger partial charge in [0.2, 0.25) is 0 Å². The fraction of sp³-hybridized carbons (Fsp3) is 0.154. The molecule has 0 saturated heterocycles. The van der Waals surface area contributed by atoms with Crippen LogP contribution in [0.15, 0.2) is 79.3 Å². The highest BCUT2D eigenvalue weighted by Crippen LogP contribution is 2.28. The van der Waals surface area contributed by atoms with E-state index in [2.05, 4.69) is 39.7 Å². The van der Waals surface area contributed by atoms with Crippen LogP contribution < -0.4 is 10.6 Å². The minimum absolute atomic E-state index is 0.236. The quantitative estimate of drug-likeness (QED) is 0.365. The van der Waals surface area contributed by atoms with E-state index in [1.165, 1.54) is 0 Å². The number of aromatic nitrogens is 5. The van der Waals surface area contributed by atoms with Gasteiger partial charge in [-0.3, -0.25) is 15.0 Å². The van der Waals surface area contributed by atoms with Crippen molar-refractivity contribution in [1.82, 2.24) is 24.5 Å². The molecule has 0 atom stereocenters. The number of anilines is 2. The molecular weight excluding hydrogens is 426 g/mol. The zero-order valence-corrected chi connectivity index (χ0v) is 19.2. The Morgan fingerprint density at radius 2 is 1.71 bits per heavy atom. The minimum Gasteiger partial charge on any atom is -0.308 e. The van der Waals surface area contributed by atoms with Crippen molar-refractivity contribution in [2.24, 2.45) is 7.05 Å². The Kier molecular flexibility index (Phi) is 5.55. The van der Waals surface area contributed by atoms with Crippen molar-refractivity contribution >= 4 is 28.4 Å². The number of carbonyl (C=O) groups excluding carboxylic acids is 1. The van der Waals surface area contributed by atoms with Crippen LogP contribution >= 0.6 is 0 Å². The van der Waals surface area contributed by atoms with Gasteiger partial charge in [-0.25, -0.2) is 9.48 Å². The molecule has 2 aromatic carbocycles. The third kappa shape index (κ3) is 4.13. The number of carbonyl (C=O) groups is 1. The molecule has 3 heterocycles. The molecule has 170 valence electrons. The molecule has 3 aromatic heterocycles. The fourth-order valence-electron chi connectivity index (χ4n) is 3.84. The number of hydrogen-bond acceptors (Lipinski definition) is 4. The number of urea groups is 1. The highest BCUT2D eigenvalue weighted by molar-refractivity contribution is 6.00. The first kappa shape index (κ1) is 21.4. The summed E-state index contributed by atoms with van der Waals surface area (Å²) >= 11 is 0. The van der Waals surface area contributed by atoms with Gasteiger partial charge in [0.1, 0.15) is 5.82 Å². The van der Waals surface area contributed by atoms with Crippen LogP contribution in [0.1, 0.15) is 25.5 Å². The molecule has 0 aliphatic heterocycles. The normalized spacial score (nSPS) is 11.2. The van der Waals surface area contributed by atoms with E-state index in [1.54, 1.807) is 15.6 Å². The first-order valence-electron chi connectivity index (χ1n) is 11.1. The molecule has 0 spiro atoms. The third-order valence-corrected chi connectivity index (χ3v) is 5.69. The second-order valence-corrected chi connectivity index (χ2v) is 8.40. The lowest BCUT2D eigenvalue weighted by molar-refractivity contribution is 0.262. The van der Waals surface area contributed by atoms with Gasteiger partial charge >= 0.3 is 6.03 Å². The third-order valence-electron chi connectivity index (χ3n) is 5.69. The van der Waals surface area contributed by atoms with Crippen molar-refractivity contribution in [3.8, 4) is 16.8 Å². The van der Waals surface area contributed by atoms with Gasteiger partial charge < -0.3 is 5.32 Å². The number of fused-ring (bicyclic) bond motifs is 1. The van der Waals surface area contributed by atoms with Gasteiger partial charge in [0.15, 0.2) is 0 Å². The summed E-state index contributed by atoms with van der Waals surface area (Å²) < 4.78 is 3.55. The molecule has 34 heavy (non-hydrogen) atoms. The van der Waals surface area contributed by atoms with Crippen LogP contribution in [0.4, 0.5) is 16.3 Å². The Balaban J connectivity index is 1.35. The van der Waals surface area contributed by atoms with Crippen molar-refractivity contribution in [2.45, 2.75) is 19.8 Å². The summed E-state index contributed by atoms with van der Waals surface area (Å²) in [5, 5.41) is 15.9. The molecule has 0 aliphatic rings. The molecule has 8 heteroatoms. The predicted octanol–water partition coefficient (Wildman–Crippen LogP) is 5.59. The van der Waals surface area contributed by atoms with E-state index in [9.17, 15) is 4.79 Å². The Morgan fingerprint density at radius 3 is 2.44 bits per heavy atom. The Morgan fingerprint density at radius 1 is 0.941 bits per heavy atom. The summed E-state index contributed by atoms with van der Waals surface area (Å²) in [6, 6.07) is 19.0. The minimum atomic E-state index is -0.337. The summed E-state index contributed by atoms with van der Waals surface area (Å²) in [7, 11) is 1.90. The second kappa shape index (κ2) is 8.82. The Labute approximate surface area is 197 Å². The lowest BCUT2D eigenvalue weighted by Crippen LogP contribution is -2.21. The number of nitrogens with one attached hydrogen (secondary N) is 2. The van der Waals surface area contributed by atoms with Crippen LogP contribution in [0, 0.1) is 0 Å². The summed E-state index contributed by atoms with van der Waals surface area (Å²) in [5.41, 5.74) is 5.43. The molecule has 2 N–H and O–H groups in total. The van der Waals surface area contributed by atoms with Gasteiger partial charge in [0, 0.05) is 35.9 Å². The van der Waals surface area contributed by atoms with E-state index >= 15 is 0 Å². The molecular formula is C26H25N7O. The second-order valence-electron chi connectivity index (χ2n) is 8.40. The molecule has 0 saturated carbocycles. The maximum atomic E-state index is 12.8. The van der Waals surface area contributed by atoms with Crippen LogP contribution in [0.5, 0.6) is 0 Å². The first-order valence-corrected chi connectivity index (χ1v) is 11.1. The summed E-state index contributed by atoms with van der Waals surface area (Å²) in [6.45, 7) is 4.15. The van der Waals surface area contributed by atoms with Gasteiger partial charge in [-0.05, 0) is 35.7 Å². The zero-order chi connectivity index (χ0) is 23.7. The monoisotopic (exact) mass is 451 g/mol. The first-order chi connectivity index (χ1) is 16.5. The number of amides is 2. The van der Waals surface area contributed by atoms with Crippen LogP contribution in [0.3, 0.4) is 0 Å². The maximum absolute atomic E-state index is 12.8. The van der Waals surface area contributed by atoms with E-state index in [4.69, 9.17) is 0 Å². The van der Waals surface area contributed by atoms with E-state index in [1.807, 2.05) is 80.1 Å². The standard InChI is InChI=1S/C26H25N7O/c1-17(2)23-13-25(33(31-23)20-7-5-4-6-8-20)30-26(34)29-19-11-9-18(10-12-19)21-14-27-16-24-22(21)15-28-32(24)3/h4-17H,1-3H3,(H2,29,30,34). The molecule has 5 rings (SSSR count). The summed E-state index contributed by atoms with van der Waals surface area (Å²) in [4.78, 5) is 17.1. The number of hydrogen-bond donors (Lipinski definition) is 2. The van der Waals surface area contributed by atoms with Gasteiger partial charge in [-0.1, -0.05) is 44.2 Å². The number of benzene rings is 2. The molecule has 2 amide bonds. The highest BCUT2D eigenvalue weighted by atomic mass is 16.2. The summed E-state index contributed by atoms with van der Waals surface area (Å²) in [6.07, 6.45) is 5.47. The van der Waals surface area contributed by atoms with E-state index < -0.39 is 0 Å². The SMILES string of the molecule is CC(C)c1cc(NC(=O)Nc2ccc(-c3cncc4c3cnn4C)cc2)n(-c2ccccc2)n1. The smallest absolute Gasteiger partial charge is 0.308 e. The van der Waals surface area contributed by atoms with Crippen molar-refractivity contribution in [1.29, 1.82) is 0 Å². The van der Waals surface area contributed by atoms with E-state index in [0.717, 1.165) is 33.4 Å². The Bertz CT molecular complexity index is 1450. The number of rotatable bonds is 5. The molecule has 0 bridgehead atoms. The molecule has 0 radical (unpaired) electrons.